The number of rotatable bonds is 1. The van der Waals surface area contributed by atoms with Gasteiger partial charge in [-0.25, -0.2) is 0 Å². The number of carbonyl (C=O) groups is 1. The van der Waals surface area contributed by atoms with Gasteiger partial charge in [0.25, 0.3) is 0 Å². The summed E-state index contributed by atoms with van der Waals surface area (Å²) in [5.74, 6) is 0. The van der Waals surface area contributed by atoms with E-state index in [0.717, 1.165) is 0 Å². The summed E-state index contributed by atoms with van der Waals surface area (Å²) < 4.78 is -0.354. The van der Waals surface area contributed by atoms with Crippen LogP contribution in [0.4, 0.5) is 0 Å². The van der Waals surface area contributed by atoms with Crippen LogP contribution in [0.1, 0.15) is 0 Å². The Kier molecular flexibility index (Phi) is 3.30. The number of alkyl halides is 2. The average molecular weight is 204 g/mol. The molecule has 1 unspecified atom stereocenters. The highest BCUT2D eigenvalue weighted by molar-refractivity contribution is 14.1. The van der Waals surface area contributed by atoms with E-state index in [-0.39, 0.29) is 3.38 Å². The number of hydrogen-bond donors (Lipinski definition) is 0. The fraction of sp³-hybridized carbons (Fsp3) is 0.500. The van der Waals surface area contributed by atoms with Gasteiger partial charge in [0.1, 0.15) is 9.67 Å². The predicted octanol–water partition coefficient (Wildman–Crippen LogP) is 1.19. The lowest BCUT2D eigenvalue weighted by Crippen LogP contribution is -1.80. The number of hydrogen-bond acceptors (Lipinski definition) is 1. The number of aldehydes is 1. The summed E-state index contributed by atoms with van der Waals surface area (Å²) in [4.78, 5) is 9.37. The van der Waals surface area contributed by atoms with E-state index < -0.39 is 0 Å². The van der Waals surface area contributed by atoms with Crippen LogP contribution in [-0.2, 0) is 4.79 Å². The molecule has 0 spiro atoms. The predicted molar refractivity (Wildman–Crippen MR) is 29.7 cm³/mol. The van der Waals surface area contributed by atoms with E-state index in [2.05, 4.69) is 0 Å². The highest BCUT2D eigenvalue weighted by atomic mass is 127. The molecule has 0 aromatic carbocycles. The van der Waals surface area contributed by atoms with Crippen LogP contribution >= 0.6 is 34.2 Å². The van der Waals surface area contributed by atoms with E-state index in [1.807, 2.05) is 0 Å². The molecule has 0 fully saturated rings. The summed E-state index contributed by atoms with van der Waals surface area (Å²) in [6, 6.07) is 0. The van der Waals surface area contributed by atoms with Crippen LogP contribution < -0.4 is 0 Å². The molecule has 0 N–H and O–H groups in total. The Morgan fingerprint density at radius 2 is 2.20 bits per heavy atom. The second-order valence-corrected chi connectivity index (χ2v) is 3.02. The summed E-state index contributed by atoms with van der Waals surface area (Å²) in [6.45, 7) is 0. The number of carbonyl (C=O) groups excluding carboxylic acids is 1. The second-order valence-electron chi connectivity index (χ2n) is 0.471. The van der Waals surface area contributed by atoms with Crippen molar-refractivity contribution in [3.63, 3.8) is 0 Å². The third kappa shape index (κ3) is 4.69. The monoisotopic (exact) mass is 204 g/mol. The molecule has 0 aliphatic carbocycles. The largest absolute Gasteiger partial charge is 0.301 e. The van der Waals surface area contributed by atoms with Gasteiger partial charge in [0, 0.05) is 0 Å². The van der Waals surface area contributed by atoms with Gasteiger partial charge in [-0.15, -0.1) is 11.6 Å². The lowest BCUT2D eigenvalue weighted by Gasteiger charge is -1.73. The molecule has 0 saturated heterocycles. The minimum absolute atomic E-state index is 0.354. The van der Waals surface area contributed by atoms with Crippen molar-refractivity contribution in [2.24, 2.45) is 0 Å². The molecule has 5 heavy (non-hydrogen) atoms. The lowest BCUT2D eigenvalue weighted by atomic mass is 10.9. The van der Waals surface area contributed by atoms with Crippen LogP contribution in [0.15, 0.2) is 0 Å². The first-order valence-corrected chi connectivity index (χ1v) is 2.69. The van der Waals surface area contributed by atoms with Gasteiger partial charge in [0.15, 0.2) is 0 Å². The summed E-state index contributed by atoms with van der Waals surface area (Å²) in [6.07, 6.45) is 0.669. The van der Waals surface area contributed by atoms with Crippen molar-refractivity contribution < 1.29 is 4.79 Å². The number of halogens is 2. The van der Waals surface area contributed by atoms with Crippen molar-refractivity contribution in [3.05, 3.63) is 0 Å². The molecule has 0 aliphatic rings. The molecule has 1 atom stereocenters. The van der Waals surface area contributed by atoms with Crippen molar-refractivity contribution >= 4 is 40.5 Å². The Balaban J connectivity index is 2.83. The molecule has 0 saturated carbocycles. The van der Waals surface area contributed by atoms with Crippen LogP contribution in [0.25, 0.3) is 0 Å². The van der Waals surface area contributed by atoms with Crippen LogP contribution in [0.5, 0.6) is 0 Å². The smallest absolute Gasteiger partial charge is 0.147 e. The fourth-order valence-corrected chi connectivity index (χ4v) is 0. The molecule has 0 bridgehead atoms. The van der Waals surface area contributed by atoms with Gasteiger partial charge < -0.3 is 4.79 Å². The van der Waals surface area contributed by atoms with E-state index in [0.29, 0.717) is 6.29 Å². The Morgan fingerprint density at radius 1 is 2.00 bits per heavy atom. The molecule has 3 heteroatoms. The zero-order valence-corrected chi connectivity index (χ0v) is 5.23. The summed E-state index contributed by atoms with van der Waals surface area (Å²) in [5, 5.41) is 0. The molecule has 0 aliphatic heterocycles. The summed E-state index contributed by atoms with van der Waals surface area (Å²) in [7, 11) is 0. The van der Waals surface area contributed by atoms with E-state index in [4.69, 9.17) is 11.6 Å². The van der Waals surface area contributed by atoms with Crippen LogP contribution in [-0.4, -0.2) is 9.67 Å². The molecule has 30 valence electrons. The van der Waals surface area contributed by atoms with Crippen LogP contribution in [0.2, 0.25) is 0 Å². The normalized spacial score (nSPS) is 14.0. The lowest BCUT2D eigenvalue weighted by molar-refractivity contribution is -0.106. The van der Waals surface area contributed by atoms with Gasteiger partial charge in [0.2, 0.25) is 0 Å². The third-order valence-corrected chi connectivity index (χ3v) is 0.499. The van der Waals surface area contributed by atoms with Gasteiger partial charge in [0.05, 0.1) is 0 Å². The van der Waals surface area contributed by atoms with E-state index >= 15 is 0 Å². The Morgan fingerprint density at radius 3 is 2.20 bits per heavy atom. The molecule has 0 heterocycles. The Hall–Kier alpha value is 0.690. The highest BCUT2D eigenvalue weighted by Crippen LogP contribution is 1.98. The topological polar surface area (TPSA) is 17.1 Å². The van der Waals surface area contributed by atoms with Crippen LogP contribution in [0.3, 0.4) is 0 Å². The molecule has 0 aromatic rings. The standard InChI is InChI=1S/C2H2ClIO/c3-2(4)1-5/h1-2H. The highest BCUT2D eigenvalue weighted by Gasteiger charge is 1.85. The second kappa shape index (κ2) is 2.90. The van der Waals surface area contributed by atoms with Crippen molar-refractivity contribution in [2.45, 2.75) is 3.38 Å². The SMILES string of the molecule is O=CC(Cl)I. The van der Waals surface area contributed by atoms with Gasteiger partial charge in [-0.1, -0.05) is 22.6 Å². The quantitative estimate of drug-likeness (QED) is 0.356. The first kappa shape index (κ1) is 5.69. The molecule has 1 nitrogen and oxygen atoms in total. The average Bonchev–Trinajstić information content (AvgIpc) is 1.38. The maximum absolute atomic E-state index is 9.37. The van der Waals surface area contributed by atoms with E-state index in [1.54, 1.807) is 22.6 Å². The summed E-state index contributed by atoms with van der Waals surface area (Å²) in [5.41, 5.74) is 0. The third-order valence-electron chi connectivity index (χ3n) is 0.103. The minimum Gasteiger partial charge on any atom is -0.301 e. The Bertz CT molecular complexity index is 36.6. The summed E-state index contributed by atoms with van der Waals surface area (Å²) >= 11 is 6.88. The zero-order chi connectivity index (χ0) is 4.28. The maximum atomic E-state index is 9.37. The van der Waals surface area contributed by atoms with Gasteiger partial charge in [-0.05, 0) is 0 Å². The molecule has 0 rings (SSSR count). The van der Waals surface area contributed by atoms with Crippen molar-refractivity contribution in [1.82, 2.24) is 0 Å². The first-order valence-electron chi connectivity index (χ1n) is 1.01. The minimum atomic E-state index is -0.354. The first-order chi connectivity index (χ1) is 2.27. The maximum Gasteiger partial charge on any atom is 0.147 e. The van der Waals surface area contributed by atoms with Gasteiger partial charge >= 0.3 is 0 Å². The zero-order valence-electron chi connectivity index (χ0n) is 2.32. The van der Waals surface area contributed by atoms with Crippen molar-refractivity contribution in [2.75, 3.05) is 0 Å². The Labute approximate surface area is 48.8 Å². The molecule has 0 aromatic heterocycles. The molecular weight excluding hydrogens is 202 g/mol. The molecule has 0 amide bonds. The van der Waals surface area contributed by atoms with Gasteiger partial charge in [-0.2, -0.15) is 0 Å². The molecule has 0 radical (unpaired) electrons. The van der Waals surface area contributed by atoms with E-state index in [9.17, 15) is 4.79 Å². The van der Waals surface area contributed by atoms with Crippen molar-refractivity contribution in [1.29, 1.82) is 0 Å². The van der Waals surface area contributed by atoms with E-state index in [1.165, 1.54) is 0 Å². The fourth-order valence-electron chi connectivity index (χ4n) is 0. The van der Waals surface area contributed by atoms with Crippen LogP contribution in [0, 0.1) is 0 Å². The van der Waals surface area contributed by atoms with Crippen molar-refractivity contribution in [3.8, 4) is 0 Å². The van der Waals surface area contributed by atoms with Gasteiger partial charge in [-0.3, -0.25) is 0 Å². The molecular formula is C2H2ClIO.